The molecule has 0 bridgehead atoms. The van der Waals surface area contributed by atoms with E-state index >= 15 is 0 Å². The van der Waals surface area contributed by atoms with E-state index in [4.69, 9.17) is 11.6 Å². The molecule has 0 amide bonds. The fourth-order valence-corrected chi connectivity index (χ4v) is 1.71. The van der Waals surface area contributed by atoms with Gasteiger partial charge in [-0.1, -0.05) is 11.6 Å². The lowest BCUT2D eigenvalue weighted by Crippen LogP contribution is -2.06. The van der Waals surface area contributed by atoms with Crippen molar-refractivity contribution in [2.75, 3.05) is 5.32 Å². The van der Waals surface area contributed by atoms with E-state index in [1.807, 2.05) is 17.7 Å². The first-order valence-electron chi connectivity index (χ1n) is 5.31. The number of hydrogen-bond acceptors (Lipinski definition) is 5. The summed E-state index contributed by atoms with van der Waals surface area (Å²) in [5.74, 6) is 1.34. The largest absolute Gasteiger partial charge is 0.346 e. The fourth-order valence-electron chi connectivity index (χ4n) is 1.56. The van der Waals surface area contributed by atoms with Crippen molar-refractivity contribution >= 4 is 23.2 Å². The van der Waals surface area contributed by atoms with Crippen molar-refractivity contribution in [3.8, 4) is 0 Å². The fraction of sp³-hybridized carbons (Fsp3) is 0.200. The van der Waals surface area contributed by atoms with Gasteiger partial charge in [0.15, 0.2) is 11.5 Å². The van der Waals surface area contributed by atoms with E-state index in [0.717, 1.165) is 11.5 Å². The molecule has 0 unspecified atom stereocenters. The Morgan fingerprint density at radius 1 is 1.39 bits per heavy atom. The van der Waals surface area contributed by atoms with Crippen molar-refractivity contribution in [1.82, 2.24) is 29.4 Å². The van der Waals surface area contributed by atoms with Gasteiger partial charge >= 0.3 is 0 Å². The Morgan fingerprint density at radius 3 is 3.06 bits per heavy atom. The Kier molecular flexibility index (Phi) is 2.60. The second-order valence-electron chi connectivity index (χ2n) is 3.80. The summed E-state index contributed by atoms with van der Waals surface area (Å²) in [7, 11) is 1.88. The molecule has 3 heterocycles. The number of fused-ring (bicyclic) bond motifs is 1. The number of aromatic nitrogens is 6. The lowest BCUT2D eigenvalue weighted by Gasteiger charge is -1.99. The van der Waals surface area contributed by atoms with Gasteiger partial charge in [-0.05, 0) is 12.1 Å². The lowest BCUT2D eigenvalue weighted by atomic mass is 10.5. The zero-order valence-corrected chi connectivity index (χ0v) is 10.3. The van der Waals surface area contributed by atoms with Crippen molar-refractivity contribution in [1.29, 1.82) is 0 Å². The monoisotopic (exact) mass is 263 g/mol. The molecule has 0 radical (unpaired) electrons. The number of rotatable bonds is 3. The average molecular weight is 264 g/mol. The standard InChI is InChI=1S/C10H10ClN7/c1-17-6-13-15-9(17)4-12-10-14-8-3-2-7(11)5-18(8)16-10/h2-3,5-6H,4H2,1H3,(H,12,16). The van der Waals surface area contributed by atoms with Crippen LogP contribution in [0, 0.1) is 0 Å². The number of hydrogen-bond donors (Lipinski definition) is 1. The van der Waals surface area contributed by atoms with Crippen molar-refractivity contribution in [3.63, 3.8) is 0 Å². The molecule has 7 nitrogen and oxygen atoms in total. The van der Waals surface area contributed by atoms with Crippen LogP contribution in [-0.2, 0) is 13.6 Å². The third kappa shape index (κ3) is 2.00. The first-order chi connectivity index (χ1) is 8.72. The molecule has 0 saturated heterocycles. The highest BCUT2D eigenvalue weighted by Gasteiger charge is 2.05. The summed E-state index contributed by atoms with van der Waals surface area (Å²) in [6, 6.07) is 3.58. The average Bonchev–Trinajstić information content (AvgIpc) is 2.92. The molecule has 0 aliphatic heterocycles. The normalized spacial score (nSPS) is 11.0. The van der Waals surface area contributed by atoms with E-state index in [1.165, 1.54) is 0 Å². The third-order valence-corrected chi connectivity index (χ3v) is 2.73. The van der Waals surface area contributed by atoms with Gasteiger partial charge in [0.1, 0.15) is 6.33 Å². The third-order valence-electron chi connectivity index (χ3n) is 2.50. The van der Waals surface area contributed by atoms with Crippen molar-refractivity contribution < 1.29 is 0 Å². The highest BCUT2D eigenvalue weighted by molar-refractivity contribution is 6.30. The lowest BCUT2D eigenvalue weighted by molar-refractivity contribution is 0.806. The van der Waals surface area contributed by atoms with Crippen LogP contribution < -0.4 is 5.32 Å². The van der Waals surface area contributed by atoms with Gasteiger partial charge in [0.2, 0.25) is 5.95 Å². The Labute approximate surface area is 107 Å². The molecule has 0 aliphatic rings. The topological polar surface area (TPSA) is 72.9 Å². The van der Waals surface area contributed by atoms with Crippen LogP contribution in [0.4, 0.5) is 5.95 Å². The molecule has 3 aromatic rings. The van der Waals surface area contributed by atoms with Crippen LogP contribution in [-0.4, -0.2) is 29.4 Å². The Hall–Kier alpha value is -2.15. The second kappa shape index (κ2) is 4.26. The summed E-state index contributed by atoms with van der Waals surface area (Å²) >= 11 is 5.88. The highest BCUT2D eigenvalue weighted by Crippen LogP contribution is 2.11. The number of halogens is 1. The van der Waals surface area contributed by atoms with Crippen LogP contribution >= 0.6 is 11.6 Å². The summed E-state index contributed by atoms with van der Waals surface area (Å²) in [4.78, 5) is 4.31. The summed E-state index contributed by atoms with van der Waals surface area (Å²) in [6.07, 6.45) is 3.35. The molecule has 0 aliphatic carbocycles. The second-order valence-corrected chi connectivity index (χ2v) is 4.23. The van der Waals surface area contributed by atoms with Crippen LogP contribution in [0.15, 0.2) is 24.7 Å². The predicted octanol–water partition coefficient (Wildman–Crippen LogP) is 1.12. The van der Waals surface area contributed by atoms with Crippen LogP contribution in [0.1, 0.15) is 5.82 Å². The van der Waals surface area contributed by atoms with Gasteiger partial charge in [0, 0.05) is 13.2 Å². The molecule has 1 N–H and O–H groups in total. The molecule has 8 heteroatoms. The van der Waals surface area contributed by atoms with E-state index in [0.29, 0.717) is 17.5 Å². The molecule has 0 atom stereocenters. The molecule has 0 saturated carbocycles. The van der Waals surface area contributed by atoms with E-state index in [1.54, 1.807) is 23.1 Å². The van der Waals surface area contributed by atoms with Gasteiger partial charge in [0.25, 0.3) is 0 Å². The Balaban J connectivity index is 1.81. The Bertz CT molecular complexity index is 686. The van der Waals surface area contributed by atoms with E-state index in [-0.39, 0.29) is 0 Å². The van der Waals surface area contributed by atoms with Crippen molar-refractivity contribution in [2.45, 2.75) is 6.54 Å². The van der Waals surface area contributed by atoms with Crippen LogP contribution in [0.2, 0.25) is 5.02 Å². The maximum absolute atomic E-state index is 5.88. The SMILES string of the molecule is Cn1cnnc1CNc1nc2ccc(Cl)cn2n1. The van der Waals surface area contributed by atoms with Crippen LogP contribution in [0.5, 0.6) is 0 Å². The molecule has 18 heavy (non-hydrogen) atoms. The molecule has 3 rings (SSSR count). The smallest absolute Gasteiger partial charge is 0.243 e. The number of anilines is 1. The summed E-state index contributed by atoms with van der Waals surface area (Å²) in [6.45, 7) is 0.515. The number of pyridine rings is 1. The molecule has 3 aromatic heterocycles. The minimum absolute atomic E-state index is 0.515. The predicted molar refractivity (Wildman–Crippen MR) is 66.3 cm³/mol. The molecular formula is C10H10ClN7. The highest BCUT2D eigenvalue weighted by atomic mass is 35.5. The summed E-state index contributed by atoms with van der Waals surface area (Å²) in [5, 5.41) is 15.7. The first-order valence-corrected chi connectivity index (χ1v) is 5.69. The van der Waals surface area contributed by atoms with Gasteiger partial charge < -0.3 is 9.88 Å². The van der Waals surface area contributed by atoms with E-state index in [2.05, 4.69) is 25.6 Å². The first kappa shape index (κ1) is 11.0. The summed E-state index contributed by atoms with van der Waals surface area (Å²) in [5.41, 5.74) is 0.736. The molecule has 92 valence electrons. The molecular weight excluding hydrogens is 254 g/mol. The van der Waals surface area contributed by atoms with Crippen molar-refractivity contribution in [2.24, 2.45) is 7.05 Å². The maximum atomic E-state index is 5.88. The number of nitrogens with one attached hydrogen (secondary N) is 1. The van der Waals surface area contributed by atoms with E-state index in [9.17, 15) is 0 Å². The van der Waals surface area contributed by atoms with Crippen LogP contribution in [0.25, 0.3) is 5.65 Å². The molecule has 0 aromatic carbocycles. The zero-order chi connectivity index (χ0) is 12.5. The number of aryl methyl sites for hydroxylation is 1. The van der Waals surface area contributed by atoms with E-state index < -0.39 is 0 Å². The minimum Gasteiger partial charge on any atom is -0.346 e. The van der Waals surface area contributed by atoms with Gasteiger partial charge in [0.05, 0.1) is 11.6 Å². The van der Waals surface area contributed by atoms with Crippen molar-refractivity contribution in [3.05, 3.63) is 35.5 Å². The van der Waals surface area contributed by atoms with Gasteiger partial charge in [-0.25, -0.2) is 4.52 Å². The molecule has 0 fully saturated rings. The summed E-state index contributed by atoms with van der Waals surface area (Å²) < 4.78 is 3.46. The minimum atomic E-state index is 0.515. The molecule has 0 spiro atoms. The number of nitrogens with zero attached hydrogens (tertiary/aromatic N) is 6. The van der Waals surface area contributed by atoms with Gasteiger partial charge in [-0.15, -0.1) is 15.3 Å². The van der Waals surface area contributed by atoms with Gasteiger partial charge in [-0.3, -0.25) is 0 Å². The zero-order valence-electron chi connectivity index (χ0n) is 9.58. The van der Waals surface area contributed by atoms with Gasteiger partial charge in [-0.2, -0.15) is 4.98 Å². The Morgan fingerprint density at radius 2 is 2.28 bits per heavy atom. The van der Waals surface area contributed by atoms with Crippen LogP contribution in [0.3, 0.4) is 0 Å². The quantitative estimate of drug-likeness (QED) is 0.767. The maximum Gasteiger partial charge on any atom is 0.243 e.